The molecule has 0 spiro atoms. The normalized spacial score (nSPS) is 18.7. The molecule has 42 heavy (non-hydrogen) atoms. The minimum absolute atomic E-state index is 0.00182. The predicted molar refractivity (Wildman–Crippen MR) is 161 cm³/mol. The lowest BCUT2D eigenvalue weighted by Gasteiger charge is -2.42. The van der Waals surface area contributed by atoms with Crippen LogP contribution in [-0.4, -0.2) is 79.7 Å². The zero-order valence-corrected chi connectivity index (χ0v) is 25.4. The topological polar surface area (TPSA) is 84.2 Å². The highest BCUT2D eigenvalue weighted by Crippen LogP contribution is 2.31. The van der Waals surface area contributed by atoms with Gasteiger partial charge in [-0.1, -0.05) is 6.07 Å². The molecular formula is C31H40F2N8O. The van der Waals surface area contributed by atoms with Gasteiger partial charge in [-0.2, -0.15) is 0 Å². The van der Waals surface area contributed by atoms with Gasteiger partial charge in [-0.3, -0.25) is 4.90 Å². The van der Waals surface area contributed by atoms with E-state index in [1.165, 1.54) is 6.07 Å². The summed E-state index contributed by atoms with van der Waals surface area (Å²) in [7, 11) is 4.19. The second-order valence-electron chi connectivity index (χ2n) is 12.0. The molecule has 3 aromatic heterocycles. The Morgan fingerprint density at radius 1 is 1.07 bits per heavy atom. The smallest absolute Gasteiger partial charge is 0.229 e. The zero-order valence-electron chi connectivity index (χ0n) is 25.4. The number of rotatable bonds is 9. The summed E-state index contributed by atoms with van der Waals surface area (Å²) >= 11 is 0. The minimum Gasteiger partial charge on any atom is -0.373 e. The number of morpholine rings is 1. The van der Waals surface area contributed by atoms with E-state index in [0.717, 1.165) is 37.8 Å². The van der Waals surface area contributed by atoms with Crippen molar-refractivity contribution in [1.29, 1.82) is 0 Å². The van der Waals surface area contributed by atoms with Crippen LogP contribution < -0.4 is 5.32 Å². The van der Waals surface area contributed by atoms with E-state index < -0.39 is 11.6 Å². The molecule has 0 aliphatic carbocycles. The highest BCUT2D eigenvalue weighted by molar-refractivity contribution is 5.83. The number of hydrogen-bond donors (Lipinski definition) is 1. The molecule has 1 aliphatic rings. The van der Waals surface area contributed by atoms with Crippen molar-refractivity contribution in [3.8, 4) is 11.3 Å². The Labute approximate surface area is 246 Å². The van der Waals surface area contributed by atoms with Gasteiger partial charge in [0.25, 0.3) is 0 Å². The number of anilines is 2. The molecule has 0 amide bonds. The molecule has 1 fully saturated rings. The van der Waals surface area contributed by atoms with Crippen molar-refractivity contribution in [3.05, 3.63) is 59.7 Å². The Hall–Kier alpha value is -3.54. The molecule has 1 N–H and O–H groups in total. The number of nitrogens with one attached hydrogen (secondary N) is 1. The average Bonchev–Trinajstić information content (AvgIpc) is 3.27. The van der Waals surface area contributed by atoms with Gasteiger partial charge in [-0.15, -0.1) is 0 Å². The Kier molecular flexibility index (Phi) is 8.54. The van der Waals surface area contributed by atoms with Gasteiger partial charge in [0.2, 0.25) is 5.95 Å². The number of imidazole rings is 1. The van der Waals surface area contributed by atoms with Crippen molar-refractivity contribution in [2.24, 2.45) is 0 Å². The summed E-state index contributed by atoms with van der Waals surface area (Å²) in [4.78, 5) is 22.0. The molecule has 2 atom stereocenters. The third-order valence-corrected chi connectivity index (χ3v) is 7.95. The molecule has 0 unspecified atom stereocenters. The number of ether oxygens (including phenoxy) is 1. The van der Waals surface area contributed by atoms with Crippen molar-refractivity contribution in [3.63, 3.8) is 0 Å². The monoisotopic (exact) mass is 578 g/mol. The molecule has 9 nitrogen and oxygen atoms in total. The maximum atomic E-state index is 15.0. The molecule has 1 aliphatic heterocycles. The van der Waals surface area contributed by atoms with E-state index in [1.54, 1.807) is 6.07 Å². The van der Waals surface area contributed by atoms with Gasteiger partial charge in [0.05, 0.1) is 23.9 Å². The summed E-state index contributed by atoms with van der Waals surface area (Å²) in [5.74, 6) is 0.213. The number of nitrogens with zero attached hydrogens (tertiary/aromatic N) is 7. The number of aromatic nitrogens is 5. The van der Waals surface area contributed by atoms with Gasteiger partial charge in [-0.05, 0) is 78.9 Å². The number of pyridine rings is 1. The summed E-state index contributed by atoms with van der Waals surface area (Å²) in [5, 5.41) is 3.05. The molecule has 4 heterocycles. The largest absolute Gasteiger partial charge is 0.373 e. The lowest BCUT2D eigenvalue weighted by molar-refractivity contribution is -0.111. The second kappa shape index (κ2) is 12.0. The molecule has 0 radical (unpaired) electrons. The summed E-state index contributed by atoms with van der Waals surface area (Å²) in [6, 6.07) is 7.33. The van der Waals surface area contributed by atoms with E-state index in [0.29, 0.717) is 35.4 Å². The predicted octanol–water partition coefficient (Wildman–Crippen LogP) is 5.73. The van der Waals surface area contributed by atoms with Crippen LogP contribution in [-0.2, 0) is 11.3 Å². The number of hydrogen-bond acceptors (Lipinski definition) is 8. The van der Waals surface area contributed by atoms with Gasteiger partial charge < -0.3 is 19.5 Å². The van der Waals surface area contributed by atoms with E-state index in [1.807, 2.05) is 43.7 Å². The molecule has 0 bridgehead atoms. The first-order chi connectivity index (χ1) is 19.9. The second-order valence-corrected chi connectivity index (χ2v) is 12.0. The fourth-order valence-corrected chi connectivity index (χ4v) is 5.74. The lowest BCUT2D eigenvalue weighted by atomic mass is 9.94. The average molecular weight is 579 g/mol. The van der Waals surface area contributed by atoms with Crippen LogP contribution >= 0.6 is 0 Å². The Balaban J connectivity index is 1.30. The zero-order chi connectivity index (χ0) is 30.2. The van der Waals surface area contributed by atoms with Crippen molar-refractivity contribution < 1.29 is 13.5 Å². The van der Waals surface area contributed by atoms with Crippen LogP contribution in [0.5, 0.6) is 0 Å². The molecule has 1 aromatic carbocycles. The van der Waals surface area contributed by atoms with Crippen LogP contribution in [0, 0.1) is 18.6 Å². The fourth-order valence-electron chi connectivity index (χ4n) is 5.74. The molecule has 1 saturated heterocycles. The van der Waals surface area contributed by atoms with Crippen molar-refractivity contribution in [2.45, 2.75) is 65.3 Å². The van der Waals surface area contributed by atoms with E-state index in [9.17, 15) is 4.39 Å². The van der Waals surface area contributed by atoms with Crippen LogP contribution in [0.15, 0.2) is 36.7 Å². The van der Waals surface area contributed by atoms with Gasteiger partial charge in [-0.25, -0.2) is 28.7 Å². The van der Waals surface area contributed by atoms with Crippen LogP contribution in [0.2, 0.25) is 0 Å². The van der Waals surface area contributed by atoms with Crippen molar-refractivity contribution in [2.75, 3.05) is 39.1 Å². The number of halogens is 2. The highest BCUT2D eigenvalue weighted by atomic mass is 19.1. The lowest BCUT2D eigenvalue weighted by Crippen LogP contribution is -2.52. The molecule has 4 aromatic rings. The number of benzene rings is 1. The third-order valence-electron chi connectivity index (χ3n) is 7.95. The summed E-state index contributed by atoms with van der Waals surface area (Å²) in [5.41, 5.74) is 2.03. The van der Waals surface area contributed by atoms with Crippen LogP contribution in [0.1, 0.15) is 51.5 Å². The summed E-state index contributed by atoms with van der Waals surface area (Å²) < 4.78 is 38.0. The molecule has 0 saturated carbocycles. The third kappa shape index (κ3) is 6.43. The summed E-state index contributed by atoms with van der Waals surface area (Å²) in [6.45, 7) is 13.4. The minimum atomic E-state index is -0.646. The summed E-state index contributed by atoms with van der Waals surface area (Å²) in [6.07, 6.45) is 3.86. The van der Waals surface area contributed by atoms with Crippen LogP contribution in [0.25, 0.3) is 22.3 Å². The van der Waals surface area contributed by atoms with Crippen molar-refractivity contribution in [1.82, 2.24) is 34.3 Å². The first-order valence-corrected chi connectivity index (χ1v) is 14.4. The maximum absolute atomic E-state index is 15.0. The first-order valence-electron chi connectivity index (χ1n) is 14.4. The van der Waals surface area contributed by atoms with Gasteiger partial charge >= 0.3 is 0 Å². The Morgan fingerprint density at radius 2 is 1.86 bits per heavy atom. The molecule has 5 rings (SSSR count). The van der Waals surface area contributed by atoms with E-state index in [4.69, 9.17) is 4.74 Å². The Bertz CT molecular complexity index is 1560. The first kappa shape index (κ1) is 29.9. The quantitative estimate of drug-likeness (QED) is 0.270. The maximum Gasteiger partial charge on any atom is 0.229 e. The fraction of sp³-hybridized carbons (Fsp3) is 0.484. The van der Waals surface area contributed by atoms with Gasteiger partial charge in [0.15, 0.2) is 11.6 Å². The van der Waals surface area contributed by atoms with Crippen LogP contribution in [0.3, 0.4) is 0 Å². The molecular weight excluding hydrogens is 538 g/mol. The SMILES string of the molecule is Cc1nc2c(F)cc(-c3nc(Nc4ccc(CN5CCO[C@@](C)(C[C@H](C)N(C)C)C5)cn4)ncc3F)cc2n1C(C)C. The number of aryl methyl sites for hydroxylation is 1. The number of fused-ring (bicyclic) bond motifs is 1. The van der Waals surface area contributed by atoms with E-state index >= 15 is 4.39 Å². The van der Waals surface area contributed by atoms with Crippen LogP contribution in [0.4, 0.5) is 20.5 Å². The van der Waals surface area contributed by atoms with E-state index in [2.05, 4.69) is 63.0 Å². The van der Waals surface area contributed by atoms with Gasteiger partial charge in [0, 0.05) is 43.5 Å². The highest BCUT2D eigenvalue weighted by Gasteiger charge is 2.34. The standard InChI is InChI=1S/C31H40F2N8O/c1-19(2)41-21(4)36-29-24(32)12-23(13-26(29)41)28-25(33)16-35-30(38-28)37-27-9-8-22(15-34-27)17-40-10-11-42-31(5,18-40)14-20(3)39(6)7/h8-9,12-13,15-16,19-20H,10-11,14,17-18H2,1-7H3,(H,34,35,37,38)/t20-,31-/m0/s1. The molecule has 224 valence electrons. The Morgan fingerprint density at radius 3 is 2.55 bits per heavy atom. The van der Waals surface area contributed by atoms with Crippen molar-refractivity contribution >= 4 is 22.8 Å². The van der Waals surface area contributed by atoms with E-state index in [-0.39, 0.29) is 28.8 Å². The molecule has 11 heteroatoms. The van der Waals surface area contributed by atoms with Gasteiger partial charge in [0.1, 0.15) is 22.9 Å².